The van der Waals surface area contributed by atoms with Crippen molar-refractivity contribution in [2.45, 2.75) is 54.6 Å². The second kappa shape index (κ2) is 11.5. The zero-order valence-electron chi connectivity index (χ0n) is 23.8. The Bertz CT molecular complexity index is 1650. The van der Waals surface area contributed by atoms with Gasteiger partial charge in [0.2, 0.25) is 0 Å². The first-order valence-corrected chi connectivity index (χ1v) is 15.0. The molecule has 8 heteroatoms. The second-order valence-corrected chi connectivity index (χ2v) is 12.3. The maximum atomic E-state index is 13.7. The van der Waals surface area contributed by atoms with Crippen molar-refractivity contribution in [1.82, 2.24) is 15.2 Å². The molecule has 1 aromatic heterocycles. The Morgan fingerprint density at radius 2 is 1.90 bits per heavy atom. The fourth-order valence-corrected chi connectivity index (χ4v) is 6.55. The number of hydrogen-bond donors (Lipinski definition) is 4. The van der Waals surface area contributed by atoms with Crippen LogP contribution >= 0.6 is 11.8 Å². The summed E-state index contributed by atoms with van der Waals surface area (Å²) in [6, 6.07) is 23.8. The van der Waals surface area contributed by atoms with Crippen LogP contribution in [0.25, 0.3) is 6.08 Å². The van der Waals surface area contributed by atoms with Crippen LogP contribution < -0.4 is 16.4 Å². The van der Waals surface area contributed by atoms with Gasteiger partial charge in [-0.3, -0.25) is 9.78 Å². The Morgan fingerprint density at radius 1 is 1.10 bits per heavy atom. The van der Waals surface area contributed by atoms with E-state index < -0.39 is 5.54 Å². The normalized spacial score (nSPS) is 17.2. The van der Waals surface area contributed by atoms with Gasteiger partial charge in [-0.05, 0) is 92.4 Å². The van der Waals surface area contributed by atoms with E-state index in [0.29, 0.717) is 23.7 Å². The maximum absolute atomic E-state index is 13.7. The molecule has 214 valence electrons. The molecule has 6 rings (SSSR count). The van der Waals surface area contributed by atoms with Gasteiger partial charge in [-0.15, -0.1) is 0 Å². The van der Waals surface area contributed by atoms with E-state index in [2.05, 4.69) is 52.7 Å². The summed E-state index contributed by atoms with van der Waals surface area (Å²) in [5.74, 6) is -0.225. The Morgan fingerprint density at radius 3 is 2.69 bits per heavy atom. The highest BCUT2D eigenvalue weighted by atomic mass is 32.2. The summed E-state index contributed by atoms with van der Waals surface area (Å²) < 4.78 is 0. The number of nitrogens with zero attached hydrogens (tertiary/aromatic N) is 2. The van der Waals surface area contributed by atoms with Crippen LogP contribution in [0.2, 0.25) is 0 Å². The number of aliphatic hydroxyl groups is 1. The first-order valence-electron chi connectivity index (χ1n) is 14.2. The summed E-state index contributed by atoms with van der Waals surface area (Å²) in [6.45, 7) is 4.91. The van der Waals surface area contributed by atoms with Gasteiger partial charge in [0.05, 0.1) is 30.1 Å². The van der Waals surface area contributed by atoms with Crippen molar-refractivity contribution in [2.24, 2.45) is 0 Å². The Balaban J connectivity index is 1.34. The molecule has 0 saturated heterocycles. The van der Waals surface area contributed by atoms with Crippen LogP contribution in [0.3, 0.4) is 0 Å². The molecular weight excluding hydrogens is 542 g/mol. The van der Waals surface area contributed by atoms with Crippen LogP contribution in [0.1, 0.15) is 53.0 Å². The molecule has 1 aliphatic heterocycles. The lowest BCUT2D eigenvalue weighted by atomic mass is 9.92. The van der Waals surface area contributed by atoms with Crippen LogP contribution in [-0.2, 0) is 18.5 Å². The Hall–Kier alpha value is -4.27. The molecule has 0 fully saturated rings. The number of nitrogens with one attached hydrogen (secondary N) is 2. The van der Waals surface area contributed by atoms with E-state index in [0.717, 1.165) is 56.5 Å². The number of rotatable bonds is 8. The summed E-state index contributed by atoms with van der Waals surface area (Å²) in [7, 11) is 0. The fourth-order valence-electron chi connectivity index (χ4n) is 5.66. The number of fused-ring (bicyclic) bond motifs is 2. The predicted molar refractivity (Wildman–Crippen MR) is 170 cm³/mol. The highest BCUT2D eigenvalue weighted by Gasteiger charge is 2.39. The lowest BCUT2D eigenvalue weighted by Gasteiger charge is -2.30. The van der Waals surface area contributed by atoms with Crippen LogP contribution in [0.5, 0.6) is 0 Å². The van der Waals surface area contributed by atoms with Crippen LogP contribution in [0.15, 0.2) is 95.0 Å². The van der Waals surface area contributed by atoms with Crippen molar-refractivity contribution in [1.29, 1.82) is 0 Å². The van der Waals surface area contributed by atoms with Crippen molar-refractivity contribution in [2.75, 3.05) is 17.7 Å². The van der Waals surface area contributed by atoms with Crippen molar-refractivity contribution in [3.8, 4) is 0 Å². The smallest absolute Gasteiger partial charge is 0.252 e. The highest BCUT2D eigenvalue weighted by Crippen LogP contribution is 2.39. The van der Waals surface area contributed by atoms with Crippen molar-refractivity contribution in [3.63, 3.8) is 0 Å². The number of nitrogen functional groups attached to an aromatic ring is 1. The monoisotopic (exact) mass is 577 g/mol. The van der Waals surface area contributed by atoms with E-state index >= 15 is 0 Å². The molecule has 5 N–H and O–H groups in total. The van der Waals surface area contributed by atoms with Gasteiger partial charge in [0.1, 0.15) is 0 Å². The van der Waals surface area contributed by atoms with Gasteiger partial charge in [0.15, 0.2) is 0 Å². The molecule has 2 heterocycles. The largest absolute Gasteiger partial charge is 0.399 e. The van der Waals surface area contributed by atoms with E-state index in [1.165, 1.54) is 0 Å². The number of aliphatic hydroxyl groups excluding tert-OH is 1. The molecule has 0 radical (unpaired) electrons. The highest BCUT2D eigenvalue weighted by molar-refractivity contribution is 7.99. The molecular formula is C34H35N5O2S. The Labute approximate surface area is 250 Å². The number of aryl methyl sites for hydroxylation is 1. The molecule has 7 nitrogen and oxygen atoms in total. The molecule has 3 aromatic carbocycles. The van der Waals surface area contributed by atoms with Crippen LogP contribution in [0, 0.1) is 0 Å². The lowest BCUT2D eigenvalue weighted by molar-refractivity contribution is 0.0829. The average molecular weight is 578 g/mol. The molecule has 0 bridgehead atoms. The number of benzene rings is 3. The van der Waals surface area contributed by atoms with Gasteiger partial charge in [0.25, 0.3) is 5.91 Å². The third-order valence-corrected chi connectivity index (χ3v) is 9.18. The van der Waals surface area contributed by atoms with E-state index in [9.17, 15) is 9.90 Å². The summed E-state index contributed by atoms with van der Waals surface area (Å²) in [6.07, 6.45) is 7.51. The molecule has 2 aliphatic rings. The second-order valence-electron chi connectivity index (χ2n) is 11.2. The van der Waals surface area contributed by atoms with Gasteiger partial charge >= 0.3 is 0 Å². The topological polar surface area (TPSA) is 104 Å². The van der Waals surface area contributed by atoms with Crippen molar-refractivity contribution < 1.29 is 9.90 Å². The van der Waals surface area contributed by atoms with Gasteiger partial charge in [-0.1, -0.05) is 36.0 Å². The van der Waals surface area contributed by atoms with Crippen molar-refractivity contribution in [3.05, 3.63) is 113 Å². The summed E-state index contributed by atoms with van der Waals surface area (Å²) >= 11 is 1.60. The lowest BCUT2D eigenvalue weighted by Crippen LogP contribution is -2.47. The molecule has 0 spiro atoms. The molecule has 1 amide bonds. The van der Waals surface area contributed by atoms with E-state index in [1.54, 1.807) is 11.8 Å². The van der Waals surface area contributed by atoms with Crippen LogP contribution in [-0.4, -0.2) is 33.5 Å². The average Bonchev–Trinajstić information content (AvgIpc) is 3.37. The number of nitrogens with two attached hydrogens (primary N) is 1. The van der Waals surface area contributed by atoms with Crippen LogP contribution in [0.4, 0.5) is 17.1 Å². The summed E-state index contributed by atoms with van der Waals surface area (Å²) in [4.78, 5) is 22.6. The number of anilines is 3. The van der Waals surface area contributed by atoms with E-state index in [-0.39, 0.29) is 12.5 Å². The number of amides is 1. The minimum Gasteiger partial charge on any atom is -0.399 e. The molecule has 1 aliphatic carbocycles. The summed E-state index contributed by atoms with van der Waals surface area (Å²) in [5.41, 5.74) is 12.3. The quantitative estimate of drug-likeness (QED) is 0.182. The number of pyridine rings is 1. The SMILES string of the molecule is CC(C)N1C=Cc2c(Nc3cc(C(=O)NC4(CO)CCc5ccccc54)ccc3Sc3ccc(N)cc3)ccnc2C1. The van der Waals surface area contributed by atoms with Crippen molar-refractivity contribution >= 4 is 40.8 Å². The zero-order chi connectivity index (χ0) is 29.3. The standard InChI is InChI=1S/C34H35N5O2S/c1-22(2)39-18-15-27-29(14-17-36-31(27)20-39)37-30-19-24(7-12-32(30)42-26-10-8-25(35)9-11-26)33(41)38-34(21-40)16-13-23-5-3-4-6-28(23)34/h3-12,14-15,17-19,22,40H,13,16,20-21,35H2,1-2H3,(H,36,37)(H,38,41). The predicted octanol–water partition coefficient (Wildman–Crippen LogP) is 6.32. The number of carbonyl (C=O) groups excluding carboxylic acids is 1. The van der Waals surface area contributed by atoms with E-state index in [4.69, 9.17) is 5.73 Å². The van der Waals surface area contributed by atoms with Gasteiger partial charge < -0.3 is 26.4 Å². The molecule has 4 aromatic rings. The van der Waals surface area contributed by atoms with Gasteiger partial charge in [-0.25, -0.2) is 0 Å². The van der Waals surface area contributed by atoms with Gasteiger partial charge in [-0.2, -0.15) is 0 Å². The maximum Gasteiger partial charge on any atom is 0.252 e. The molecule has 1 unspecified atom stereocenters. The third-order valence-electron chi connectivity index (χ3n) is 8.10. The first kappa shape index (κ1) is 27.9. The third kappa shape index (κ3) is 5.47. The van der Waals surface area contributed by atoms with E-state index in [1.807, 2.05) is 72.9 Å². The van der Waals surface area contributed by atoms with Gasteiger partial charge in [0, 0.05) is 50.7 Å². The number of aromatic nitrogens is 1. The Kier molecular flexibility index (Phi) is 7.66. The molecule has 42 heavy (non-hydrogen) atoms. The minimum absolute atomic E-state index is 0.158. The summed E-state index contributed by atoms with van der Waals surface area (Å²) in [5, 5.41) is 17.2. The number of carbonyl (C=O) groups is 1. The zero-order valence-corrected chi connectivity index (χ0v) is 24.6. The minimum atomic E-state index is -0.796. The first-order chi connectivity index (χ1) is 20.3. The number of hydrogen-bond acceptors (Lipinski definition) is 7. The molecule has 1 atom stereocenters. The molecule has 0 saturated carbocycles. The fraction of sp³-hybridized carbons (Fsp3) is 0.235.